The Balaban J connectivity index is 2.04. The molecule has 0 N–H and O–H groups in total. The van der Waals surface area contributed by atoms with Crippen LogP contribution in [-0.2, 0) is 6.54 Å². The highest BCUT2D eigenvalue weighted by atomic mass is 16.2. The molecule has 0 fully saturated rings. The molecule has 0 saturated carbocycles. The molecule has 2 aromatic rings. The van der Waals surface area contributed by atoms with Crippen LogP contribution < -0.4 is 0 Å². The molecule has 2 heteroatoms. The fourth-order valence-electron chi connectivity index (χ4n) is 2.39. The lowest BCUT2D eigenvalue weighted by atomic mass is 10.00. The first-order chi connectivity index (χ1) is 8.65. The van der Waals surface area contributed by atoms with Gasteiger partial charge < -0.3 is 4.90 Å². The standard InChI is InChI=1S/C16H15NO/c1-11-3-5-12(6-4-11)13-7-8-15-14(9-13)10-17(2)16(15)18/h3-9H,10H2,1-2H3. The maximum absolute atomic E-state index is 11.8. The van der Waals surface area contributed by atoms with Gasteiger partial charge in [0, 0.05) is 19.2 Å². The maximum Gasteiger partial charge on any atom is 0.254 e. The molecule has 1 heterocycles. The summed E-state index contributed by atoms with van der Waals surface area (Å²) in [6.45, 7) is 2.80. The fourth-order valence-corrected chi connectivity index (χ4v) is 2.39. The van der Waals surface area contributed by atoms with Crippen LogP contribution in [0.2, 0.25) is 0 Å². The van der Waals surface area contributed by atoms with E-state index < -0.39 is 0 Å². The van der Waals surface area contributed by atoms with Crippen molar-refractivity contribution in [1.82, 2.24) is 4.90 Å². The lowest BCUT2D eigenvalue weighted by Crippen LogP contribution is -2.17. The zero-order valence-corrected chi connectivity index (χ0v) is 10.6. The van der Waals surface area contributed by atoms with Crippen LogP contribution >= 0.6 is 0 Å². The van der Waals surface area contributed by atoms with E-state index in [9.17, 15) is 4.79 Å². The largest absolute Gasteiger partial charge is 0.337 e. The average Bonchev–Trinajstić information content (AvgIpc) is 2.65. The van der Waals surface area contributed by atoms with Gasteiger partial charge in [0.05, 0.1) is 0 Å². The molecule has 0 aliphatic carbocycles. The minimum absolute atomic E-state index is 0.125. The molecule has 0 radical (unpaired) electrons. The van der Waals surface area contributed by atoms with Crippen LogP contribution in [0.25, 0.3) is 11.1 Å². The fraction of sp³-hybridized carbons (Fsp3) is 0.188. The summed E-state index contributed by atoms with van der Waals surface area (Å²) in [7, 11) is 1.84. The van der Waals surface area contributed by atoms with Crippen LogP contribution in [0.1, 0.15) is 21.5 Å². The van der Waals surface area contributed by atoms with Crippen molar-refractivity contribution in [3.63, 3.8) is 0 Å². The van der Waals surface area contributed by atoms with Crippen LogP contribution in [0.15, 0.2) is 42.5 Å². The van der Waals surface area contributed by atoms with Gasteiger partial charge in [0.1, 0.15) is 0 Å². The second-order valence-corrected chi connectivity index (χ2v) is 4.90. The molecule has 0 atom stereocenters. The first-order valence-electron chi connectivity index (χ1n) is 6.10. The highest BCUT2D eigenvalue weighted by Gasteiger charge is 2.24. The molecule has 18 heavy (non-hydrogen) atoms. The number of amides is 1. The van der Waals surface area contributed by atoms with Gasteiger partial charge in [-0.15, -0.1) is 0 Å². The first-order valence-corrected chi connectivity index (χ1v) is 6.10. The Kier molecular flexibility index (Phi) is 2.44. The van der Waals surface area contributed by atoms with E-state index in [1.807, 2.05) is 19.2 Å². The van der Waals surface area contributed by atoms with Gasteiger partial charge in [0.2, 0.25) is 0 Å². The molecule has 1 aliphatic rings. The van der Waals surface area contributed by atoms with Crippen molar-refractivity contribution in [3.8, 4) is 11.1 Å². The van der Waals surface area contributed by atoms with Crippen LogP contribution in [0.5, 0.6) is 0 Å². The number of hydrogen-bond donors (Lipinski definition) is 0. The lowest BCUT2D eigenvalue weighted by molar-refractivity contribution is 0.0816. The maximum atomic E-state index is 11.8. The van der Waals surface area contributed by atoms with Crippen LogP contribution in [-0.4, -0.2) is 17.9 Å². The third kappa shape index (κ3) is 1.70. The summed E-state index contributed by atoms with van der Waals surface area (Å²) in [4.78, 5) is 13.6. The minimum Gasteiger partial charge on any atom is -0.337 e. The number of hydrogen-bond acceptors (Lipinski definition) is 1. The number of carbonyl (C=O) groups excluding carboxylic acids is 1. The summed E-state index contributed by atoms with van der Waals surface area (Å²) in [6, 6.07) is 14.6. The van der Waals surface area contributed by atoms with E-state index in [1.54, 1.807) is 4.90 Å². The third-order valence-electron chi connectivity index (χ3n) is 3.47. The smallest absolute Gasteiger partial charge is 0.254 e. The molecule has 0 saturated heterocycles. The first kappa shape index (κ1) is 11.0. The van der Waals surface area contributed by atoms with Crippen LogP contribution in [0, 0.1) is 6.92 Å². The Morgan fingerprint density at radius 1 is 1.00 bits per heavy atom. The van der Waals surface area contributed by atoms with Gasteiger partial charge >= 0.3 is 0 Å². The summed E-state index contributed by atoms with van der Waals surface area (Å²) < 4.78 is 0. The van der Waals surface area contributed by atoms with E-state index in [2.05, 4.69) is 37.3 Å². The molecule has 0 unspecified atom stereocenters. The predicted molar refractivity (Wildman–Crippen MR) is 72.4 cm³/mol. The highest BCUT2D eigenvalue weighted by Crippen LogP contribution is 2.27. The normalized spacial score (nSPS) is 13.9. The minimum atomic E-state index is 0.125. The van der Waals surface area contributed by atoms with Crippen molar-refractivity contribution in [2.45, 2.75) is 13.5 Å². The number of fused-ring (bicyclic) bond motifs is 1. The van der Waals surface area contributed by atoms with E-state index in [4.69, 9.17) is 0 Å². The Bertz CT molecular complexity index is 613. The molecule has 0 spiro atoms. The van der Waals surface area contributed by atoms with Crippen molar-refractivity contribution in [3.05, 3.63) is 59.2 Å². The molecule has 0 bridgehead atoms. The Morgan fingerprint density at radius 2 is 1.67 bits per heavy atom. The number of aryl methyl sites for hydroxylation is 1. The quantitative estimate of drug-likeness (QED) is 0.745. The van der Waals surface area contributed by atoms with E-state index in [0.717, 1.165) is 11.1 Å². The molecule has 2 aromatic carbocycles. The highest BCUT2D eigenvalue weighted by molar-refractivity contribution is 5.98. The molecule has 2 nitrogen and oxygen atoms in total. The summed E-state index contributed by atoms with van der Waals surface area (Å²) in [5, 5.41) is 0. The van der Waals surface area contributed by atoms with Gasteiger partial charge in [0.25, 0.3) is 5.91 Å². The number of rotatable bonds is 1. The van der Waals surface area contributed by atoms with Crippen molar-refractivity contribution < 1.29 is 4.79 Å². The molecule has 1 amide bonds. The topological polar surface area (TPSA) is 20.3 Å². The van der Waals surface area contributed by atoms with Crippen LogP contribution in [0.3, 0.4) is 0 Å². The van der Waals surface area contributed by atoms with Crippen molar-refractivity contribution in [1.29, 1.82) is 0 Å². The van der Waals surface area contributed by atoms with Gasteiger partial charge in [-0.3, -0.25) is 4.79 Å². The lowest BCUT2D eigenvalue weighted by Gasteiger charge is -2.05. The van der Waals surface area contributed by atoms with Crippen molar-refractivity contribution >= 4 is 5.91 Å². The van der Waals surface area contributed by atoms with Gasteiger partial charge in [-0.2, -0.15) is 0 Å². The Hall–Kier alpha value is -2.09. The second-order valence-electron chi connectivity index (χ2n) is 4.90. The monoisotopic (exact) mass is 237 g/mol. The zero-order chi connectivity index (χ0) is 12.7. The molecule has 90 valence electrons. The van der Waals surface area contributed by atoms with E-state index in [0.29, 0.717) is 6.54 Å². The number of benzene rings is 2. The third-order valence-corrected chi connectivity index (χ3v) is 3.47. The van der Waals surface area contributed by atoms with Gasteiger partial charge in [-0.05, 0) is 35.7 Å². The number of nitrogens with zero attached hydrogens (tertiary/aromatic N) is 1. The van der Waals surface area contributed by atoms with Crippen molar-refractivity contribution in [2.24, 2.45) is 0 Å². The molecule has 1 aliphatic heterocycles. The van der Waals surface area contributed by atoms with Gasteiger partial charge in [0.15, 0.2) is 0 Å². The summed E-state index contributed by atoms with van der Waals surface area (Å²) >= 11 is 0. The molecule has 0 aromatic heterocycles. The summed E-state index contributed by atoms with van der Waals surface area (Å²) in [5.41, 5.74) is 5.60. The zero-order valence-electron chi connectivity index (χ0n) is 10.6. The van der Waals surface area contributed by atoms with E-state index >= 15 is 0 Å². The van der Waals surface area contributed by atoms with Gasteiger partial charge in [-0.25, -0.2) is 0 Å². The van der Waals surface area contributed by atoms with E-state index in [-0.39, 0.29) is 5.91 Å². The number of carbonyl (C=O) groups is 1. The van der Waals surface area contributed by atoms with Crippen molar-refractivity contribution in [2.75, 3.05) is 7.05 Å². The Morgan fingerprint density at radius 3 is 2.39 bits per heavy atom. The molecular weight excluding hydrogens is 222 g/mol. The predicted octanol–water partition coefficient (Wildman–Crippen LogP) is 3.25. The second kappa shape index (κ2) is 3.98. The van der Waals surface area contributed by atoms with Gasteiger partial charge in [-0.1, -0.05) is 35.9 Å². The van der Waals surface area contributed by atoms with Crippen LogP contribution in [0.4, 0.5) is 0 Å². The summed E-state index contributed by atoms with van der Waals surface area (Å²) in [6.07, 6.45) is 0. The molecule has 3 rings (SSSR count). The average molecular weight is 237 g/mol. The Labute approximate surface area is 107 Å². The summed E-state index contributed by atoms with van der Waals surface area (Å²) in [5.74, 6) is 0.125. The molecular formula is C16H15NO. The SMILES string of the molecule is Cc1ccc(-c2ccc3c(c2)CN(C)C3=O)cc1. The van der Waals surface area contributed by atoms with E-state index in [1.165, 1.54) is 16.7 Å².